The van der Waals surface area contributed by atoms with Crippen molar-refractivity contribution in [3.63, 3.8) is 0 Å². The van der Waals surface area contributed by atoms with E-state index in [-0.39, 0.29) is 23.3 Å². The van der Waals surface area contributed by atoms with Crippen LogP contribution in [-0.4, -0.2) is 35.0 Å². The number of ketones is 1. The first-order chi connectivity index (χ1) is 11.3. The predicted octanol–water partition coefficient (Wildman–Crippen LogP) is 1.47. The fourth-order valence-corrected chi connectivity index (χ4v) is 3.89. The molecule has 6 nitrogen and oxygen atoms in total. The third-order valence-electron chi connectivity index (χ3n) is 4.77. The van der Waals surface area contributed by atoms with Gasteiger partial charge in [-0.3, -0.25) is 9.59 Å². The highest BCUT2D eigenvalue weighted by molar-refractivity contribution is 5.89. The van der Waals surface area contributed by atoms with E-state index < -0.39 is 11.6 Å². The van der Waals surface area contributed by atoms with E-state index in [2.05, 4.69) is 5.32 Å². The normalized spacial score (nSPS) is 22.6. The topological polar surface area (TPSA) is 77.4 Å². The smallest absolute Gasteiger partial charge is 0.344 e. The van der Waals surface area contributed by atoms with Gasteiger partial charge in [0.15, 0.2) is 0 Å². The summed E-state index contributed by atoms with van der Waals surface area (Å²) in [7, 11) is 0. The molecule has 1 N–H and O–H groups in total. The van der Waals surface area contributed by atoms with E-state index >= 15 is 0 Å². The molecule has 1 saturated heterocycles. The van der Waals surface area contributed by atoms with Crippen LogP contribution in [0, 0.1) is 5.92 Å². The molecule has 1 fully saturated rings. The van der Waals surface area contributed by atoms with E-state index in [0.717, 1.165) is 25.2 Å². The van der Waals surface area contributed by atoms with Crippen LogP contribution in [0.25, 0.3) is 0 Å². The summed E-state index contributed by atoms with van der Waals surface area (Å²) in [5.41, 5.74) is -0.171. The van der Waals surface area contributed by atoms with E-state index in [1.54, 1.807) is 24.5 Å². The van der Waals surface area contributed by atoms with Crippen LogP contribution in [0.1, 0.15) is 55.6 Å². The molecule has 0 unspecified atom stereocenters. The van der Waals surface area contributed by atoms with Crippen LogP contribution in [0.15, 0.2) is 16.9 Å². The third-order valence-corrected chi connectivity index (χ3v) is 4.77. The number of nitrogens with one attached hydrogen (secondary N) is 1. The second-order valence-electron chi connectivity index (χ2n) is 7.57. The number of esters is 1. The number of Topliss-reactive ketones (excluding diaryl/α,β-unsaturated/α-hetero) is 1. The molecule has 24 heavy (non-hydrogen) atoms. The molecule has 130 valence electrons. The predicted molar refractivity (Wildman–Crippen MR) is 89.2 cm³/mol. The number of rotatable bonds is 4. The van der Waals surface area contributed by atoms with Crippen molar-refractivity contribution in [3.8, 4) is 0 Å². The van der Waals surface area contributed by atoms with Crippen LogP contribution in [0.5, 0.6) is 0 Å². The van der Waals surface area contributed by atoms with Crippen LogP contribution in [0.2, 0.25) is 0 Å². The molecule has 1 aromatic heterocycles. The first-order valence-electron chi connectivity index (χ1n) is 8.44. The van der Waals surface area contributed by atoms with Gasteiger partial charge < -0.3 is 14.6 Å². The minimum Gasteiger partial charge on any atom is -0.455 e. The molecular weight excluding hydrogens is 308 g/mol. The van der Waals surface area contributed by atoms with Crippen molar-refractivity contribution in [2.24, 2.45) is 5.92 Å². The van der Waals surface area contributed by atoms with Crippen molar-refractivity contribution >= 4 is 11.8 Å². The molecule has 0 aliphatic carbocycles. The lowest BCUT2D eigenvalue weighted by atomic mass is 9.84. The van der Waals surface area contributed by atoms with E-state index in [1.807, 2.05) is 6.07 Å². The van der Waals surface area contributed by atoms with Gasteiger partial charge in [0.1, 0.15) is 16.9 Å². The molecule has 0 spiro atoms. The molecule has 3 heterocycles. The van der Waals surface area contributed by atoms with Gasteiger partial charge in [0.25, 0.3) is 5.56 Å². The van der Waals surface area contributed by atoms with Crippen molar-refractivity contribution in [2.75, 3.05) is 13.1 Å². The molecule has 0 aromatic carbocycles. The maximum atomic E-state index is 12.8. The largest absolute Gasteiger partial charge is 0.455 e. The first kappa shape index (κ1) is 16.9. The molecule has 2 atom stereocenters. The number of hydrogen-bond acceptors (Lipinski definition) is 5. The molecular formula is C18H24N2O4. The van der Waals surface area contributed by atoms with Crippen LogP contribution in [0.3, 0.4) is 0 Å². The second kappa shape index (κ2) is 6.16. The number of fused-ring (bicyclic) bond motifs is 4. The Bertz CT molecular complexity index is 735. The fraction of sp³-hybridized carbons (Fsp3) is 0.611. The zero-order valence-corrected chi connectivity index (χ0v) is 14.4. The Labute approximate surface area is 141 Å². The van der Waals surface area contributed by atoms with Crippen LogP contribution in [-0.2, 0) is 16.1 Å². The molecule has 0 radical (unpaired) electrons. The average molecular weight is 332 g/mol. The number of pyridine rings is 1. The summed E-state index contributed by atoms with van der Waals surface area (Å²) in [4.78, 5) is 36.5. The molecule has 1 aromatic rings. The standard InChI is InChI=1S/C18H24N2O4/c1-11(21)7-18(2,3)24-17(23)14-4-5-15-13-6-12(8-19-9-13)10-20(15)16(14)22/h4-5,12-13,19H,6-10H2,1-3H3/t12-,13+/m0/s1. The second-order valence-corrected chi connectivity index (χ2v) is 7.57. The first-order valence-corrected chi connectivity index (χ1v) is 8.44. The van der Waals surface area contributed by atoms with Crippen molar-refractivity contribution < 1.29 is 14.3 Å². The minimum atomic E-state index is -0.920. The number of ether oxygens (including phenoxy) is 1. The quantitative estimate of drug-likeness (QED) is 0.845. The molecule has 2 bridgehead atoms. The summed E-state index contributed by atoms with van der Waals surface area (Å²) < 4.78 is 7.15. The van der Waals surface area contributed by atoms with Crippen molar-refractivity contribution in [1.82, 2.24) is 9.88 Å². The molecule has 2 aliphatic rings. The molecule has 6 heteroatoms. The molecule has 2 aliphatic heterocycles. The minimum absolute atomic E-state index is 0.0447. The third kappa shape index (κ3) is 3.29. The fourth-order valence-electron chi connectivity index (χ4n) is 3.89. The Kier molecular flexibility index (Phi) is 4.34. The number of aromatic nitrogens is 1. The van der Waals surface area contributed by atoms with E-state index in [9.17, 15) is 14.4 Å². The van der Waals surface area contributed by atoms with Crippen molar-refractivity contribution in [3.05, 3.63) is 33.7 Å². The summed E-state index contributed by atoms with van der Waals surface area (Å²) in [5, 5.41) is 3.39. The Hall–Kier alpha value is -1.95. The number of carbonyl (C=O) groups is 2. The SMILES string of the molecule is CC(=O)CC(C)(C)OC(=O)c1ccc2n(c1=O)C[C@@H]1CNC[C@H]2C1. The van der Waals surface area contributed by atoms with E-state index in [4.69, 9.17) is 4.74 Å². The van der Waals surface area contributed by atoms with Gasteiger partial charge in [-0.15, -0.1) is 0 Å². The lowest BCUT2D eigenvalue weighted by molar-refractivity contribution is -0.121. The van der Waals surface area contributed by atoms with Gasteiger partial charge in [0.05, 0.1) is 0 Å². The van der Waals surface area contributed by atoms with E-state index in [0.29, 0.717) is 18.4 Å². The lowest BCUT2D eigenvalue weighted by Crippen LogP contribution is -2.46. The van der Waals surface area contributed by atoms with Crippen LogP contribution < -0.4 is 10.9 Å². The maximum Gasteiger partial charge on any atom is 0.344 e. The number of carbonyl (C=O) groups excluding carboxylic acids is 2. The number of nitrogens with zero attached hydrogens (tertiary/aromatic N) is 1. The van der Waals surface area contributed by atoms with Gasteiger partial charge in [-0.05, 0) is 51.8 Å². The number of piperidine rings is 1. The van der Waals surface area contributed by atoms with Gasteiger partial charge in [0, 0.05) is 31.1 Å². The summed E-state index contributed by atoms with van der Waals surface area (Å²) >= 11 is 0. The summed E-state index contributed by atoms with van der Waals surface area (Å²) in [5.74, 6) is 0.0319. The van der Waals surface area contributed by atoms with Gasteiger partial charge >= 0.3 is 5.97 Å². The van der Waals surface area contributed by atoms with Gasteiger partial charge in [-0.1, -0.05) is 0 Å². The van der Waals surface area contributed by atoms with Gasteiger partial charge in [-0.2, -0.15) is 0 Å². The Balaban J connectivity index is 1.88. The van der Waals surface area contributed by atoms with Crippen molar-refractivity contribution in [1.29, 1.82) is 0 Å². The Morgan fingerprint density at radius 1 is 1.33 bits per heavy atom. The Morgan fingerprint density at radius 2 is 2.08 bits per heavy atom. The van der Waals surface area contributed by atoms with Crippen LogP contribution in [0.4, 0.5) is 0 Å². The molecule has 3 rings (SSSR count). The number of hydrogen-bond donors (Lipinski definition) is 1. The highest BCUT2D eigenvalue weighted by Crippen LogP contribution is 2.31. The summed E-state index contributed by atoms with van der Waals surface area (Å²) in [6.07, 6.45) is 1.21. The monoisotopic (exact) mass is 332 g/mol. The highest BCUT2D eigenvalue weighted by Gasteiger charge is 2.33. The Morgan fingerprint density at radius 3 is 2.79 bits per heavy atom. The highest BCUT2D eigenvalue weighted by atomic mass is 16.6. The van der Waals surface area contributed by atoms with E-state index in [1.165, 1.54) is 6.92 Å². The molecule has 0 saturated carbocycles. The van der Waals surface area contributed by atoms with Crippen molar-refractivity contribution in [2.45, 2.75) is 51.7 Å². The maximum absolute atomic E-state index is 12.8. The average Bonchev–Trinajstić information content (AvgIpc) is 2.46. The van der Waals surface area contributed by atoms with Crippen LogP contribution >= 0.6 is 0 Å². The molecule has 0 amide bonds. The zero-order chi connectivity index (χ0) is 17.5. The summed E-state index contributed by atoms with van der Waals surface area (Å²) in [6.45, 7) is 7.22. The van der Waals surface area contributed by atoms with Gasteiger partial charge in [-0.25, -0.2) is 4.79 Å². The zero-order valence-electron chi connectivity index (χ0n) is 14.4. The summed E-state index contributed by atoms with van der Waals surface area (Å²) in [6, 6.07) is 3.43. The van der Waals surface area contributed by atoms with Gasteiger partial charge in [0.2, 0.25) is 0 Å². The lowest BCUT2D eigenvalue weighted by Gasteiger charge is -2.37.